The maximum Gasteiger partial charge on any atom is 0.264 e. The number of carbonyl (C=O) groups is 2. The van der Waals surface area contributed by atoms with E-state index in [2.05, 4.69) is 10.3 Å². The SMILES string of the molecule is COc1cc(C=O)ccc1OCC(=O)Nc1ncc(Cc2ccc(F)cc2)s1. The van der Waals surface area contributed by atoms with Crippen LogP contribution in [0.15, 0.2) is 48.7 Å². The molecule has 0 bridgehead atoms. The number of carbonyl (C=O) groups excluding carboxylic acids is 2. The Labute approximate surface area is 164 Å². The van der Waals surface area contributed by atoms with Crippen molar-refractivity contribution in [1.29, 1.82) is 0 Å². The summed E-state index contributed by atoms with van der Waals surface area (Å²) in [5, 5.41) is 3.13. The number of amides is 1. The highest BCUT2D eigenvalue weighted by molar-refractivity contribution is 7.15. The summed E-state index contributed by atoms with van der Waals surface area (Å²) < 4.78 is 23.6. The number of methoxy groups -OCH3 is 1. The number of ether oxygens (including phenoxy) is 2. The molecule has 0 unspecified atom stereocenters. The predicted octanol–water partition coefficient (Wildman–Crippen LogP) is 3.71. The van der Waals surface area contributed by atoms with E-state index in [9.17, 15) is 14.0 Å². The average Bonchev–Trinajstić information content (AvgIpc) is 3.14. The van der Waals surface area contributed by atoms with Gasteiger partial charge in [0.25, 0.3) is 5.91 Å². The summed E-state index contributed by atoms with van der Waals surface area (Å²) in [6, 6.07) is 10.9. The molecular formula is C20H17FN2O4S. The van der Waals surface area contributed by atoms with Gasteiger partial charge in [-0.2, -0.15) is 0 Å². The van der Waals surface area contributed by atoms with Gasteiger partial charge in [-0.25, -0.2) is 9.37 Å². The predicted molar refractivity (Wildman–Crippen MR) is 104 cm³/mol. The number of hydrogen-bond acceptors (Lipinski definition) is 6. The molecule has 1 N–H and O–H groups in total. The van der Waals surface area contributed by atoms with E-state index in [1.165, 1.54) is 36.6 Å². The van der Waals surface area contributed by atoms with Crippen molar-refractivity contribution in [2.75, 3.05) is 19.0 Å². The van der Waals surface area contributed by atoms with Crippen molar-refractivity contribution in [3.63, 3.8) is 0 Å². The lowest BCUT2D eigenvalue weighted by molar-refractivity contribution is -0.118. The fourth-order valence-corrected chi connectivity index (χ4v) is 3.29. The first kappa shape index (κ1) is 19.5. The Morgan fingerprint density at radius 2 is 2.00 bits per heavy atom. The largest absolute Gasteiger partial charge is 0.493 e. The van der Waals surface area contributed by atoms with E-state index >= 15 is 0 Å². The molecule has 0 aliphatic rings. The van der Waals surface area contributed by atoms with Crippen molar-refractivity contribution in [1.82, 2.24) is 4.98 Å². The van der Waals surface area contributed by atoms with E-state index in [-0.39, 0.29) is 18.3 Å². The number of halogens is 1. The Bertz CT molecular complexity index is 973. The molecule has 1 heterocycles. The number of nitrogens with one attached hydrogen (secondary N) is 1. The van der Waals surface area contributed by atoms with Gasteiger partial charge in [0.1, 0.15) is 12.1 Å². The zero-order chi connectivity index (χ0) is 19.9. The minimum Gasteiger partial charge on any atom is -0.493 e. The maximum atomic E-state index is 13.0. The van der Waals surface area contributed by atoms with E-state index in [1.807, 2.05) is 0 Å². The zero-order valence-electron chi connectivity index (χ0n) is 15.0. The molecule has 1 aromatic heterocycles. The number of benzene rings is 2. The molecule has 0 saturated heterocycles. The van der Waals surface area contributed by atoms with Gasteiger partial charge in [0.2, 0.25) is 0 Å². The summed E-state index contributed by atoms with van der Waals surface area (Å²) >= 11 is 1.34. The first-order valence-electron chi connectivity index (χ1n) is 8.32. The molecule has 8 heteroatoms. The van der Waals surface area contributed by atoms with E-state index in [0.29, 0.717) is 34.9 Å². The second kappa shape index (κ2) is 9.09. The van der Waals surface area contributed by atoms with E-state index in [0.717, 1.165) is 10.4 Å². The van der Waals surface area contributed by atoms with Gasteiger partial charge in [-0.1, -0.05) is 12.1 Å². The van der Waals surface area contributed by atoms with Gasteiger partial charge in [-0.15, -0.1) is 11.3 Å². The molecule has 0 spiro atoms. The molecule has 144 valence electrons. The molecule has 1 amide bonds. The van der Waals surface area contributed by atoms with Crippen LogP contribution in [0, 0.1) is 5.82 Å². The molecule has 0 atom stereocenters. The van der Waals surface area contributed by atoms with Gasteiger partial charge in [0, 0.05) is 23.1 Å². The molecule has 6 nitrogen and oxygen atoms in total. The molecule has 3 aromatic rings. The second-order valence-corrected chi connectivity index (χ2v) is 6.92. The zero-order valence-corrected chi connectivity index (χ0v) is 15.8. The van der Waals surface area contributed by atoms with Gasteiger partial charge in [-0.3, -0.25) is 14.9 Å². The van der Waals surface area contributed by atoms with Crippen molar-refractivity contribution in [2.45, 2.75) is 6.42 Å². The Morgan fingerprint density at radius 3 is 2.71 bits per heavy atom. The van der Waals surface area contributed by atoms with E-state index in [1.54, 1.807) is 30.5 Å². The molecule has 3 rings (SSSR count). The highest BCUT2D eigenvalue weighted by Crippen LogP contribution is 2.27. The molecule has 0 fully saturated rings. The summed E-state index contributed by atoms with van der Waals surface area (Å²) in [7, 11) is 1.45. The quantitative estimate of drug-likeness (QED) is 0.583. The van der Waals surface area contributed by atoms with Crippen LogP contribution in [0.1, 0.15) is 20.8 Å². The van der Waals surface area contributed by atoms with Crippen molar-refractivity contribution in [3.8, 4) is 11.5 Å². The number of aldehydes is 1. The maximum absolute atomic E-state index is 13.0. The van der Waals surface area contributed by atoms with E-state index in [4.69, 9.17) is 9.47 Å². The smallest absolute Gasteiger partial charge is 0.264 e. The van der Waals surface area contributed by atoms with Crippen LogP contribution in [0.3, 0.4) is 0 Å². The number of hydrogen-bond donors (Lipinski definition) is 1. The first-order chi connectivity index (χ1) is 13.6. The number of nitrogens with zero attached hydrogens (tertiary/aromatic N) is 1. The van der Waals surface area contributed by atoms with Crippen LogP contribution >= 0.6 is 11.3 Å². The van der Waals surface area contributed by atoms with Gasteiger partial charge in [-0.05, 0) is 35.9 Å². The second-order valence-electron chi connectivity index (χ2n) is 5.80. The highest BCUT2D eigenvalue weighted by Gasteiger charge is 2.11. The van der Waals surface area contributed by atoms with Crippen LogP contribution in [-0.2, 0) is 11.2 Å². The topological polar surface area (TPSA) is 77.5 Å². The van der Waals surface area contributed by atoms with Gasteiger partial charge >= 0.3 is 0 Å². The average molecular weight is 400 g/mol. The Hall–Kier alpha value is -3.26. The minimum absolute atomic E-state index is 0.232. The number of aromatic nitrogens is 1. The number of rotatable bonds is 8. The normalized spacial score (nSPS) is 10.4. The third-order valence-electron chi connectivity index (χ3n) is 3.77. The summed E-state index contributed by atoms with van der Waals surface area (Å²) in [5.41, 5.74) is 1.40. The Morgan fingerprint density at radius 1 is 1.21 bits per heavy atom. The van der Waals surface area contributed by atoms with Crippen LogP contribution in [-0.4, -0.2) is 30.9 Å². The van der Waals surface area contributed by atoms with Crippen molar-refractivity contribution >= 4 is 28.7 Å². The molecule has 0 aliphatic heterocycles. The monoisotopic (exact) mass is 400 g/mol. The van der Waals surface area contributed by atoms with Crippen molar-refractivity contribution < 1.29 is 23.5 Å². The molecule has 28 heavy (non-hydrogen) atoms. The Balaban J connectivity index is 1.55. The van der Waals surface area contributed by atoms with Gasteiger partial charge in [0.05, 0.1) is 7.11 Å². The molecule has 2 aromatic carbocycles. The Kier molecular flexibility index (Phi) is 6.33. The summed E-state index contributed by atoms with van der Waals surface area (Å²) in [4.78, 5) is 28.0. The number of anilines is 1. The fourth-order valence-electron chi connectivity index (χ4n) is 2.43. The van der Waals surface area contributed by atoms with Crippen LogP contribution in [0.2, 0.25) is 0 Å². The summed E-state index contributed by atoms with van der Waals surface area (Å²) in [6.45, 7) is -0.232. The van der Waals surface area contributed by atoms with Gasteiger partial charge < -0.3 is 9.47 Å². The standard InChI is InChI=1S/C20H17FN2O4S/c1-26-18-9-14(11-24)4-7-17(18)27-12-19(25)23-20-22-10-16(28-20)8-13-2-5-15(21)6-3-13/h2-7,9-11H,8,12H2,1H3,(H,22,23,25). The molecule has 0 radical (unpaired) electrons. The van der Waals surface area contributed by atoms with Gasteiger partial charge in [0.15, 0.2) is 23.2 Å². The first-order valence-corrected chi connectivity index (χ1v) is 9.14. The van der Waals surface area contributed by atoms with Crippen LogP contribution < -0.4 is 14.8 Å². The highest BCUT2D eigenvalue weighted by atomic mass is 32.1. The number of thiazole rings is 1. The van der Waals surface area contributed by atoms with Crippen molar-refractivity contribution in [2.24, 2.45) is 0 Å². The fraction of sp³-hybridized carbons (Fsp3) is 0.150. The molecule has 0 saturated carbocycles. The van der Waals surface area contributed by atoms with Crippen LogP contribution in [0.25, 0.3) is 0 Å². The van der Waals surface area contributed by atoms with Crippen molar-refractivity contribution in [3.05, 3.63) is 70.5 Å². The lowest BCUT2D eigenvalue weighted by Gasteiger charge is -2.10. The van der Waals surface area contributed by atoms with Crippen LogP contribution in [0.4, 0.5) is 9.52 Å². The molecular weight excluding hydrogens is 383 g/mol. The minimum atomic E-state index is -0.371. The lowest BCUT2D eigenvalue weighted by atomic mass is 10.1. The molecule has 0 aliphatic carbocycles. The third-order valence-corrected chi connectivity index (χ3v) is 4.69. The lowest BCUT2D eigenvalue weighted by Crippen LogP contribution is -2.20. The van der Waals surface area contributed by atoms with Crippen LogP contribution in [0.5, 0.6) is 11.5 Å². The summed E-state index contributed by atoms with van der Waals surface area (Å²) in [5.74, 6) is 0.0789. The third kappa shape index (κ3) is 5.14. The van der Waals surface area contributed by atoms with E-state index < -0.39 is 0 Å². The summed E-state index contributed by atoms with van der Waals surface area (Å²) in [6.07, 6.45) is 2.97.